The third-order valence-corrected chi connectivity index (χ3v) is 6.85. The molecular formula is C25H19N5OS2. The minimum absolute atomic E-state index is 0.107. The van der Waals surface area contributed by atoms with Gasteiger partial charge in [0.15, 0.2) is 4.34 Å². The average molecular weight is 470 g/mol. The van der Waals surface area contributed by atoms with Gasteiger partial charge in [0.2, 0.25) is 5.91 Å². The number of aryl methyl sites for hydroxylation is 1. The Bertz CT molecular complexity index is 1420. The Labute approximate surface area is 199 Å². The Hall–Kier alpha value is -3.62. The number of thioether (sulfide) groups is 1. The molecule has 0 radical (unpaired) electrons. The van der Waals surface area contributed by atoms with Crippen molar-refractivity contribution in [2.45, 2.75) is 11.3 Å². The predicted octanol–water partition coefficient (Wildman–Crippen LogP) is 5.85. The molecule has 0 unspecified atom stereocenters. The Morgan fingerprint density at radius 1 is 0.848 bits per heavy atom. The van der Waals surface area contributed by atoms with Gasteiger partial charge in [-0.05, 0) is 25.1 Å². The number of carbonyl (C=O) groups is 1. The van der Waals surface area contributed by atoms with Crippen LogP contribution in [0.3, 0.4) is 0 Å². The van der Waals surface area contributed by atoms with E-state index in [1.807, 2.05) is 85.8 Å². The predicted molar refractivity (Wildman–Crippen MR) is 134 cm³/mol. The highest BCUT2D eigenvalue weighted by Gasteiger charge is 2.14. The molecule has 0 atom stereocenters. The highest BCUT2D eigenvalue weighted by atomic mass is 32.2. The van der Waals surface area contributed by atoms with Crippen molar-refractivity contribution in [2.24, 2.45) is 0 Å². The van der Waals surface area contributed by atoms with E-state index in [2.05, 4.69) is 15.5 Å². The number of nitrogens with zero attached hydrogens (tertiary/aromatic N) is 4. The molecule has 2 heterocycles. The molecule has 0 aliphatic rings. The van der Waals surface area contributed by atoms with Crippen LogP contribution in [-0.2, 0) is 4.79 Å². The number of amides is 1. The molecule has 6 nitrogen and oxygen atoms in total. The van der Waals surface area contributed by atoms with Gasteiger partial charge >= 0.3 is 0 Å². The van der Waals surface area contributed by atoms with E-state index in [1.54, 1.807) is 0 Å². The Morgan fingerprint density at radius 2 is 1.48 bits per heavy atom. The van der Waals surface area contributed by atoms with E-state index in [0.717, 1.165) is 42.9 Å². The molecule has 2 aromatic heterocycles. The minimum atomic E-state index is -0.107. The molecule has 8 heteroatoms. The van der Waals surface area contributed by atoms with Crippen molar-refractivity contribution >= 4 is 45.7 Å². The van der Waals surface area contributed by atoms with Crippen molar-refractivity contribution in [1.29, 1.82) is 0 Å². The standard InChI is InChI=1S/C25H19N5OS2/c1-16-29-30-25(33-16)32-15-22(31)26-19-12-13-20-21(14-19)28-24(18-10-6-3-7-11-18)23(27-20)17-8-4-2-5-9-17/h2-14H,15H2,1H3,(H,26,31). The lowest BCUT2D eigenvalue weighted by Crippen LogP contribution is -2.14. The first kappa shape index (κ1) is 21.2. The smallest absolute Gasteiger partial charge is 0.234 e. The van der Waals surface area contributed by atoms with Gasteiger partial charge in [0, 0.05) is 16.8 Å². The molecule has 0 spiro atoms. The van der Waals surface area contributed by atoms with E-state index in [9.17, 15) is 4.79 Å². The fourth-order valence-electron chi connectivity index (χ4n) is 3.39. The number of hydrogen-bond donors (Lipinski definition) is 1. The van der Waals surface area contributed by atoms with E-state index in [-0.39, 0.29) is 11.7 Å². The normalized spacial score (nSPS) is 10.9. The molecule has 0 saturated heterocycles. The summed E-state index contributed by atoms with van der Waals surface area (Å²) in [5, 5.41) is 11.8. The third kappa shape index (κ3) is 4.92. The first-order valence-electron chi connectivity index (χ1n) is 10.3. The van der Waals surface area contributed by atoms with Crippen LogP contribution in [0.25, 0.3) is 33.5 Å². The highest BCUT2D eigenvalue weighted by Crippen LogP contribution is 2.31. The van der Waals surface area contributed by atoms with Gasteiger partial charge < -0.3 is 5.32 Å². The van der Waals surface area contributed by atoms with Crippen molar-refractivity contribution in [3.63, 3.8) is 0 Å². The molecule has 1 N–H and O–H groups in total. The highest BCUT2D eigenvalue weighted by molar-refractivity contribution is 8.01. The summed E-state index contributed by atoms with van der Waals surface area (Å²) in [4.78, 5) is 22.3. The summed E-state index contributed by atoms with van der Waals surface area (Å²) in [6.07, 6.45) is 0. The van der Waals surface area contributed by atoms with Crippen molar-refractivity contribution in [3.8, 4) is 22.5 Å². The van der Waals surface area contributed by atoms with Gasteiger partial charge in [-0.2, -0.15) is 0 Å². The average Bonchev–Trinajstić information content (AvgIpc) is 3.28. The van der Waals surface area contributed by atoms with Gasteiger partial charge in [-0.1, -0.05) is 83.8 Å². The second kappa shape index (κ2) is 9.48. The molecule has 0 bridgehead atoms. The molecule has 33 heavy (non-hydrogen) atoms. The van der Waals surface area contributed by atoms with E-state index in [0.29, 0.717) is 5.69 Å². The second-order valence-electron chi connectivity index (χ2n) is 7.28. The fourth-order valence-corrected chi connectivity index (χ4v) is 5.00. The van der Waals surface area contributed by atoms with Crippen LogP contribution in [0.1, 0.15) is 5.01 Å². The largest absolute Gasteiger partial charge is 0.325 e. The maximum Gasteiger partial charge on any atom is 0.234 e. The number of hydrogen-bond acceptors (Lipinski definition) is 7. The molecule has 0 fully saturated rings. The molecule has 3 aromatic carbocycles. The summed E-state index contributed by atoms with van der Waals surface area (Å²) < 4.78 is 0.785. The summed E-state index contributed by atoms with van der Waals surface area (Å²) >= 11 is 2.86. The van der Waals surface area contributed by atoms with Crippen molar-refractivity contribution < 1.29 is 4.79 Å². The zero-order valence-corrected chi connectivity index (χ0v) is 19.4. The van der Waals surface area contributed by atoms with E-state index >= 15 is 0 Å². The van der Waals surface area contributed by atoms with E-state index in [1.165, 1.54) is 23.1 Å². The number of aromatic nitrogens is 4. The van der Waals surface area contributed by atoms with Crippen LogP contribution in [0.4, 0.5) is 5.69 Å². The van der Waals surface area contributed by atoms with Gasteiger partial charge in [-0.25, -0.2) is 9.97 Å². The summed E-state index contributed by atoms with van der Waals surface area (Å²) in [6, 6.07) is 25.7. The van der Waals surface area contributed by atoms with Crippen molar-refractivity contribution in [3.05, 3.63) is 83.9 Å². The lowest BCUT2D eigenvalue weighted by molar-refractivity contribution is -0.113. The van der Waals surface area contributed by atoms with Crippen LogP contribution in [0.2, 0.25) is 0 Å². The Kier molecular flexibility index (Phi) is 6.10. The maximum absolute atomic E-state index is 12.4. The van der Waals surface area contributed by atoms with Crippen LogP contribution < -0.4 is 5.32 Å². The number of anilines is 1. The number of benzene rings is 3. The van der Waals surface area contributed by atoms with Gasteiger partial charge in [-0.3, -0.25) is 4.79 Å². The maximum atomic E-state index is 12.4. The molecule has 0 saturated carbocycles. The summed E-state index contributed by atoms with van der Waals surface area (Å²) in [5.74, 6) is 0.157. The zero-order valence-electron chi connectivity index (χ0n) is 17.7. The van der Waals surface area contributed by atoms with Crippen LogP contribution in [-0.4, -0.2) is 31.8 Å². The zero-order chi connectivity index (χ0) is 22.6. The van der Waals surface area contributed by atoms with Gasteiger partial charge in [0.25, 0.3) is 0 Å². The van der Waals surface area contributed by atoms with Crippen molar-refractivity contribution in [2.75, 3.05) is 11.1 Å². The van der Waals surface area contributed by atoms with E-state index in [4.69, 9.17) is 9.97 Å². The van der Waals surface area contributed by atoms with Crippen LogP contribution in [0.5, 0.6) is 0 Å². The van der Waals surface area contributed by atoms with Gasteiger partial charge in [-0.15, -0.1) is 10.2 Å². The van der Waals surface area contributed by atoms with E-state index < -0.39 is 0 Å². The van der Waals surface area contributed by atoms with Gasteiger partial charge in [0.1, 0.15) is 5.01 Å². The van der Waals surface area contributed by atoms with Crippen molar-refractivity contribution in [1.82, 2.24) is 20.2 Å². The number of carbonyl (C=O) groups excluding carboxylic acids is 1. The van der Waals surface area contributed by atoms with Gasteiger partial charge in [0.05, 0.1) is 28.2 Å². The number of fused-ring (bicyclic) bond motifs is 1. The molecule has 5 rings (SSSR count). The number of nitrogens with one attached hydrogen (secondary N) is 1. The molecule has 0 aliphatic carbocycles. The third-order valence-electron chi connectivity index (χ3n) is 4.88. The first-order valence-corrected chi connectivity index (χ1v) is 12.1. The molecule has 5 aromatic rings. The Balaban J connectivity index is 1.45. The van der Waals surface area contributed by atoms with Crippen LogP contribution in [0, 0.1) is 6.92 Å². The summed E-state index contributed by atoms with van der Waals surface area (Å²) in [7, 11) is 0. The quantitative estimate of drug-likeness (QED) is 0.314. The lowest BCUT2D eigenvalue weighted by Gasteiger charge is -2.12. The second-order valence-corrected chi connectivity index (χ2v) is 9.68. The SMILES string of the molecule is Cc1nnc(SCC(=O)Nc2ccc3nc(-c4ccccc4)c(-c4ccccc4)nc3c2)s1. The summed E-state index contributed by atoms with van der Waals surface area (Å²) in [5.41, 5.74) is 5.80. The monoisotopic (exact) mass is 469 g/mol. The topological polar surface area (TPSA) is 80.7 Å². The molecule has 0 aliphatic heterocycles. The molecule has 162 valence electrons. The Morgan fingerprint density at radius 3 is 2.09 bits per heavy atom. The van der Waals surface area contributed by atoms with Crippen LogP contribution in [0.15, 0.2) is 83.2 Å². The first-order chi connectivity index (χ1) is 16.2. The summed E-state index contributed by atoms with van der Waals surface area (Å²) in [6.45, 7) is 1.89. The minimum Gasteiger partial charge on any atom is -0.325 e. The molecular weight excluding hydrogens is 450 g/mol. The fraction of sp³-hybridized carbons (Fsp3) is 0.0800. The molecule has 1 amide bonds. The number of rotatable bonds is 6. The van der Waals surface area contributed by atoms with Crippen LogP contribution >= 0.6 is 23.1 Å². The lowest BCUT2D eigenvalue weighted by atomic mass is 10.0.